The van der Waals surface area contributed by atoms with Crippen LogP contribution in [0.4, 0.5) is 0 Å². The monoisotopic (exact) mass is 107 g/mol. The molecule has 0 saturated carbocycles. The topological polar surface area (TPSA) is 33.0 Å². The maximum absolute atomic E-state index is 7.90. The quantitative estimate of drug-likeness (QED) is 0.225. The summed E-state index contributed by atoms with van der Waals surface area (Å²) in [4.78, 5) is 0. The molecule has 0 spiro atoms. The number of nitriles is 1. The van der Waals surface area contributed by atoms with E-state index in [-0.39, 0.29) is 6.61 Å². The van der Waals surface area contributed by atoms with E-state index in [9.17, 15) is 0 Å². The van der Waals surface area contributed by atoms with Gasteiger partial charge in [-0.2, -0.15) is 5.26 Å². The molecule has 0 unspecified atom stereocenters. The van der Waals surface area contributed by atoms with E-state index in [2.05, 4.69) is 10.7 Å². The van der Waals surface area contributed by atoms with Gasteiger partial charge >= 0.3 is 0 Å². The lowest BCUT2D eigenvalue weighted by atomic mass is 10.7. The molecule has 0 aliphatic heterocycles. The van der Waals surface area contributed by atoms with E-state index in [1.807, 2.05) is 0 Å². The summed E-state index contributed by atoms with van der Waals surface area (Å²) in [6.07, 6.45) is 7.30. The lowest BCUT2D eigenvalue weighted by molar-refractivity contribution is 0.296. The normalized spacial score (nSPS) is 7.75. The molecule has 0 amide bonds. The van der Waals surface area contributed by atoms with Gasteiger partial charge in [-0.15, -0.1) is 6.42 Å². The second kappa shape index (κ2) is 5.59. The zero-order valence-electron chi connectivity index (χ0n) is 4.29. The minimum atomic E-state index is 0.220. The highest BCUT2D eigenvalue weighted by atomic mass is 16.5. The van der Waals surface area contributed by atoms with Crippen LogP contribution in [0.3, 0.4) is 0 Å². The molecular formula is C6H5NO. The van der Waals surface area contributed by atoms with Crippen molar-refractivity contribution < 1.29 is 4.74 Å². The Morgan fingerprint density at radius 1 is 1.75 bits per heavy atom. The van der Waals surface area contributed by atoms with Gasteiger partial charge < -0.3 is 4.74 Å². The SMILES string of the molecule is C#CCO/C=C\C#N. The zero-order chi connectivity index (χ0) is 6.24. The van der Waals surface area contributed by atoms with Crippen LogP contribution in [0.1, 0.15) is 0 Å². The Morgan fingerprint density at radius 2 is 2.50 bits per heavy atom. The number of allylic oxidation sites excluding steroid dienone is 1. The fourth-order valence-electron chi connectivity index (χ4n) is 0.175. The smallest absolute Gasteiger partial charge is 0.147 e. The summed E-state index contributed by atoms with van der Waals surface area (Å²) >= 11 is 0. The number of hydrogen-bond donors (Lipinski definition) is 0. The molecule has 0 aromatic carbocycles. The number of hydrogen-bond acceptors (Lipinski definition) is 2. The van der Waals surface area contributed by atoms with E-state index in [0.717, 1.165) is 0 Å². The predicted molar refractivity (Wildman–Crippen MR) is 29.5 cm³/mol. The van der Waals surface area contributed by atoms with Gasteiger partial charge in [-0.05, 0) is 0 Å². The minimum absolute atomic E-state index is 0.220. The van der Waals surface area contributed by atoms with E-state index >= 15 is 0 Å². The fourth-order valence-corrected chi connectivity index (χ4v) is 0.175. The maximum Gasteiger partial charge on any atom is 0.147 e. The second-order valence-corrected chi connectivity index (χ2v) is 0.947. The molecule has 0 saturated heterocycles. The summed E-state index contributed by atoms with van der Waals surface area (Å²) in [7, 11) is 0. The largest absolute Gasteiger partial charge is 0.488 e. The van der Waals surface area contributed by atoms with Gasteiger partial charge in [0.05, 0.1) is 18.4 Å². The van der Waals surface area contributed by atoms with Crippen molar-refractivity contribution in [2.24, 2.45) is 0 Å². The van der Waals surface area contributed by atoms with Gasteiger partial charge in [0, 0.05) is 0 Å². The van der Waals surface area contributed by atoms with Crippen molar-refractivity contribution in [3.8, 4) is 18.4 Å². The molecule has 0 atom stereocenters. The van der Waals surface area contributed by atoms with Gasteiger partial charge in [0.15, 0.2) is 0 Å². The maximum atomic E-state index is 7.90. The van der Waals surface area contributed by atoms with Crippen molar-refractivity contribution in [3.05, 3.63) is 12.3 Å². The molecule has 0 heterocycles. The predicted octanol–water partition coefficient (Wildman–Crippen LogP) is 0.673. The van der Waals surface area contributed by atoms with Crippen molar-refractivity contribution in [1.29, 1.82) is 5.26 Å². The first-order valence-electron chi connectivity index (χ1n) is 2.01. The number of ether oxygens (including phenoxy) is 1. The average molecular weight is 107 g/mol. The van der Waals surface area contributed by atoms with Crippen molar-refractivity contribution in [2.45, 2.75) is 0 Å². The van der Waals surface area contributed by atoms with Crippen LogP contribution in [0.15, 0.2) is 12.3 Å². The Labute approximate surface area is 48.4 Å². The summed E-state index contributed by atoms with van der Waals surface area (Å²) in [5.74, 6) is 2.24. The van der Waals surface area contributed by atoms with Crippen LogP contribution in [0.25, 0.3) is 0 Å². The minimum Gasteiger partial charge on any atom is -0.488 e. The fraction of sp³-hybridized carbons (Fsp3) is 0.167. The number of nitrogens with zero attached hydrogens (tertiary/aromatic N) is 1. The molecule has 2 nitrogen and oxygen atoms in total. The third kappa shape index (κ3) is 4.59. The number of rotatable bonds is 2. The molecule has 2 heteroatoms. The van der Waals surface area contributed by atoms with Gasteiger partial charge in [0.2, 0.25) is 0 Å². The average Bonchev–Trinajstić information content (AvgIpc) is 1.81. The molecule has 40 valence electrons. The lowest BCUT2D eigenvalue weighted by Gasteiger charge is -1.85. The van der Waals surface area contributed by atoms with E-state index in [0.29, 0.717) is 0 Å². The summed E-state index contributed by atoms with van der Waals surface area (Å²) < 4.78 is 4.58. The Bertz CT molecular complexity index is 147. The summed E-state index contributed by atoms with van der Waals surface area (Å²) in [5, 5.41) is 7.90. The van der Waals surface area contributed by atoms with Crippen LogP contribution >= 0.6 is 0 Å². The molecule has 0 bridgehead atoms. The highest BCUT2D eigenvalue weighted by Gasteiger charge is 1.67. The van der Waals surface area contributed by atoms with Crippen LogP contribution in [0.5, 0.6) is 0 Å². The standard InChI is InChI=1S/C6H5NO/c1-2-5-8-6-3-4-7/h1,3,6H,5H2/b6-3-. The van der Waals surface area contributed by atoms with Crippen molar-refractivity contribution >= 4 is 0 Å². The van der Waals surface area contributed by atoms with Gasteiger partial charge in [0.25, 0.3) is 0 Å². The van der Waals surface area contributed by atoms with Gasteiger partial charge in [0.1, 0.15) is 6.61 Å². The second-order valence-electron chi connectivity index (χ2n) is 0.947. The third-order valence-electron chi connectivity index (χ3n) is 0.405. The highest BCUT2D eigenvalue weighted by Crippen LogP contribution is 1.72. The summed E-state index contributed by atoms with van der Waals surface area (Å²) in [5.41, 5.74) is 0. The first kappa shape index (κ1) is 6.59. The molecule has 0 aliphatic carbocycles. The van der Waals surface area contributed by atoms with Crippen LogP contribution in [-0.4, -0.2) is 6.61 Å². The van der Waals surface area contributed by atoms with Crippen LogP contribution < -0.4 is 0 Å². The van der Waals surface area contributed by atoms with Gasteiger partial charge in [-0.1, -0.05) is 5.92 Å². The van der Waals surface area contributed by atoms with E-state index in [4.69, 9.17) is 11.7 Å². The van der Waals surface area contributed by atoms with Gasteiger partial charge in [-0.3, -0.25) is 0 Å². The van der Waals surface area contributed by atoms with E-state index < -0.39 is 0 Å². The summed E-state index contributed by atoms with van der Waals surface area (Å²) in [6, 6.07) is 1.75. The third-order valence-corrected chi connectivity index (χ3v) is 0.405. The Hall–Kier alpha value is -1.41. The molecule has 8 heavy (non-hydrogen) atoms. The van der Waals surface area contributed by atoms with Crippen LogP contribution in [0, 0.1) is 23.7 Å². The first-order chi connectivity index (χ1) is 3.91. The van der Waals surface area contributed by atoms with E-state index in [1.54, 1.807) is 6.07 Å². The first-order valence-corrected chi connectivity index (χ1v) is 2.01. The molecule has 0 rings (SSSR count). The molecular weight excluding hydrogens is 102 g/mol. The highest BCUT2D eigenvalue weighted by molar-refractivity contribution is 4.98. The van der Waals surface area contributed by atoms with E-state index in [1.165, 1.54) is 12.3 Å². The molecule has 0 aromatic rings. The van der Waals surface area contributed by atoms with Gasteiger partial charge in [-0.25, -0.2) is 0 Å². The number of terminal acetylenes is 1. The Balaban J connectivity index is 3.10. The molecule has 0 N–H and O–H groups in total. The molecule has 0 fully saturated rings. The zero-order valence-corrected chi connectivity index (χ0v) is 4.29. The Kier molecular flexibility index (Phi) is 4.60. The van der Waals surface area contributed by atoms with Crippen molar-refractivity contribution in [3.63, 3.8) is 0 Å². The Morgan fingerprint density at radius 3 is 3.00 bits per heavy atom. The van der Waals surface area contributed by atoms with Crippen molar-refractivity contribution in [2.75, 3.05) is 6.61 Å². The molecule has 0 radical (unpaired) electrons. The van der Waals surface area contributed by atoms with Crippen LogP contribution in [-0.2, 0) is 4.74 Å². The molecule has 0 aliphatic rings. The van der Waals surface area contributed by atoms with Crippen LogP contribution in [0.2, 0.25) is 0 Å². The lowest BCUT2D eigenvalue weighted by Crippen LogP contribution is -1.77. The molecule has 0 aromatic heterocycles. The summed E-state index contributed by atoms with van der Waals surface area (Å²) in [6.45, 7) is 0.220. The van der Waals surface area contributed by atoms with Crippen molar-refractivity contribution in [1.82, 2.24) is 0 Å².